The summed E-state index contributed by atoms with van der Waals surface area (Å²) in [4.78, 5) is 15.9. The fourth-order valence-electron chi connectivity index (χ4n) is 2.56. The van der Waals surface area contributed by atoms with Crippen molar-refractivity contribution >= 4 is 38.7 Å². The van der Waals surface area contributed by atoms with E-state index in [1.807, 2.05) is 48.2 Å². The molecule has 0 saturated carbocycles. The second kappa shape index (κ2) is 9.11. The molecule has 0 saturated heterocycles. The van der Waals surface area contributed by atoms with Crippen LogP contribution >= 0.6 is 27.3 Å². The number of benzene rings is 2. The number of nitrogens with zero attached hydrogens (tertiary/aromatic N) is 4. The van der Waals surface area contributed by atoms with Gasteiger partial charge in [0.05, 0.1) is 22.9 Å². The molecule has 3 aromatic rings. The van der Waals surface area contributed by atoms with Crippen LogP contribution in [0.5, 0.6) is 0 Å². The Kier molecular flexibility index (Phi) is 6.56. The van der Waals surface area contributed by atoms with Gasteiger partial charge >= 0.3 is 0 Å². The minimum Gasteiger partial charge on any atom is -0.258 e. The minimum atomic E-state index is -0.413. The standard InChI is InChI=1S/C21H19BrN4O2S/c1-14(2)12-23-21-25(20(13-29-21)17-4-8-18(22)9-5-17)24-15(3)16-6-10-19(11-7-16)26(27)28/h4-11,13H,1,12H2,2-3H3. The van der Waals surface area contributed by atoms with Crippen molar-refractivity contribution in [3.63, 3.8) is 0 Å². The molecule has 0 aliphatic heterocycles. The van der Waals surface area contributed by atoms with Crippen LogP contribution in [0, 0.1) is 10.1 Å². The molecule has 0 radical (unpaired) electrons. The largest absolute Gasteiger partial charge is 0.269 e. The van der Waals surface area contributed by atoms with Crippen molar-refractivity contribution in [2.45, 2.75) is 13.8 Å². The normalized spacial score (nSPS) is 12.2. The lowest BCUT2D eigenvalue weighted by Crippen LogP contribution is -2.15. The number of aromatic nitrogens is 1. The number of hydrogen-bond acceptors (Lipinski definition) is 5. The zero-order chi connectivity index (χ0) is 21.0. The van der Waals surface area contributed by atoms with E-state index in [1.54, 1.807) is 12.1 Å². The average Bonchev–Trinajstić information content (AvgIpc) is 3.09. The Labute approximate surface area is 180 Å². The lowest BCUT2D eigenvalue weighted by atomic mass is 10.1. The van der Waals surface area contributed by atoms with Gasteiger partial charge in [-0.3, -0.25) is 15.1 Å². The molecule has 0 unspecified atom stereocenters. The molecule has 0 N–H and O–H groups in total. The molecular formula is C21H19BrN4O2S. The Morgan fingerprint density at radius 2 is 1.83 bits per heavy atom. The lowest BCUT2D eigenvalue weighted by molar-refractivity contribution is -0.384. The van der Waals surface area contributed by atoms with Gasteiger partial charge in [-0.2, -0.15) is 5.10 Å². The summed E-state index contributed by atoms with van der Waals surface area (Å²) in [6.45, 7) is 8.24. The third kappa shape index (κ3) is 5.16. The lowest BCUT2D eigenvalue weighted by Gasteiger charge is -2.07. The highest BCUT2D eigenvalue weighted by molar-refractivity contribution is 9.10. The van der Waals surface area contributed by atoms with E-state index in [0.717, 1.165) is 37.4 Å². The molecule has 0 aliphatic carbocycles. The van der Waals surface area contributed by atoms with E-state index >= 15 is 0 Å². The third-order valence-corrected chi connectivity index (χ3v) is 5.44. The summed E-state index contributed by atoms with van der Waals surface area (Å²) in [6.07, 6.45) is 0. The number of nitro groups is 1. The maximum atomic E-state index is 10.9. The van der Waals surface area contributed by atoms with Crippen molar-refractivity contribution in [2.75, 3.05) is 6.54 Å². The Morgan fingerprint density at radius 3 is 2.41 bits per heavy atom. The summed E-state index contributed by atoms with van der Waals surface area (Å²) in [5.41, 5.74) is 4.49. The molecule has 3 rings (SSSR count). The Hall–Kier alpha value is -2.84. The minimum absolute atomic E-state index is 0.0532. The van der Waals surface area contributed by atoms with Crippen LogP contribution in [0.4, 0.5) is 5.69 Å². The summed E-state index contributed by atoms with van der Waals surface area (Å²) >= 11 is 4.97. The van der Waals surface area contributed by atoms with Gasteiger partial charge < -0.3 is 0 Å². The number of thiazole rings is 1. The topological polar surface area (TPSA) is 72.8 Å². The Morgan fingerprint density at radius 1 is 1.17 bits per heavy atom. The molecule has 2 aromatic carbocycles. The monoisotopic (exact) mass is 470 g/mol. The summed E-state index contributed by atoms with van der Waals surface area (Å²) in [6, 6.07) is 14.4. The van der Waals surface area contributed by atoms with E-state index in [9.17, 15) is 10.1 Å². The molecule has 8 heteroatoms. The number of nitro benzene ring substituents is 1. The van der Waals surface area contributed by atoms with E-state index in [1.165, 1.54) is 23.5 Å². The summed E-state index contributed by atoms with van der Waals surface area (Å²) in [7, 11) is 0. The fourth-order valence-corrected chi connectivity index (χ4v) is 3.65. The van der Waals surface area contributed by atoms with Crippen molar-refractivity contribution in [3.05, 3.63) is 91.0 Å². The van der Waals surface area contributed by atoms with Crippen LogP contribution in [0.15, 0.2) is 80.6 Å². The van der Waals surface area contributed by atoms with Crippen LogP contribution < -0.4 is 4.80 Å². The molecule has 0 amide bonds. The van der Waals surface area contributed by atoms with E-state index in [-0.39, 0.29) is 5.69 Å². The molecule has 1 aromatic heterocycles. The maximum Gasteiger partial charge on any atom is 0.269 e. The van der Waals surface area contributed by atoms with Gasteiger partial charge in [0.2, 0.25) is 4.80 Å². The number of non-ortho nitro benzene ring substituents is 1. The third-order valence-electron chi connectivity index (χ3n) is 4.06. The van der Waals surface area contributed by atoms with Crippen molar-refractivity contribution in [2.24, 2.45) is 10.1 Å². The quantitative estimate of drug-likeness (QED) is 0.202. The molecule has 0 spiro atoms. The molecule has 0 atom stereocenters. The SMILES string of the molecule is C=C(C)CN=c1scc(-c2ccc(Br)cc2)n1N=C(C)c1ccc([N+](=O)[O-])cc1. The molecule has 1 heterocycles. The van der Waals surface area contributed by atoms with Gasteiger partial charge in [0, 0.05) is 27.5 Å². The van der Waals surface area contributed by atoms with Crippen LogP contribution in [0.2, 0.25) is 0 Å². The van der Waals surface area contributed by atoms with Crippen LogP contribution in [0.3, 0.4) is 0 Å². The summed E-state index contributed by atoms with van der Waals surface area (Å²) in [5.74, 6) is 0. The maximum absolute atomic E-state index is 10.9. The highest BCUT2D eigenvalue weighted by Gasteiger charge is 2.10. The first-order valence-corrected chi connectivity index (χ1v) is 10.4. The first-order chi connectivity index (χ1) is 13.8. The van der Waals surface area contributed by atoms with Crippen LogP contribution in [-0.2, 0) is 0 Å². The number of hydrogen-bond donors (Lipinski definition) is 0. The van der Waals surface area contributed by atoms with Gasteiger partial charge in [0.25, 0.3) is 5.69 Å². The van der Waals surface area contributed by atoms with Gasteiger partial charge in [0.15, 0.2) is 0 Å². The summed E-state index contributed by atoms with van der Waals surface area (Å²) in [5, 5.41) is 17.7. The molecule has 0 bridgehead atoms. The average molecular weight is 471 g/mol. The first-order valence-electron chi connectivity index (χ1n) is 8.77. The second-order valence-corrected chi connectivity index (χ2v) is 8.24. The highest BCUT2D eigenvalue weighted by Crippen LogP contribution is 2.23. The van der Waals surface area contributed by atoms with Crippen molar-refractivity contribution in [3.8, 4) is 11.3 Å². The Balaban J connectivity index is 2.09. The zero-order valence-electron chi connectivity index (χ0n) is 16.0. The van der Waals surface area contributed by atoms with E-state index < -0.39 is 4.92 Å². The Bertz CT molecular complexity index is 1140. The molecule has 0 fully saturated rings. The fraction of sp³-hybridized carbons (Fsp3) is 0.143. The molecule has 0 aliphatic rings. The van der Waals surface area contributed by atoms with Crippen LogP contribution in [0.1, 0.15) is 19.4 Å². The number of rotatable bonds is 6. The molecule has 148 valence electrons. The molecular weight excluding hydrogens is 452 g/mol. The van der Waals surface area contributed by atoms with Crippen molar-refractivity contribution in [1.29, 1.82) is 0 Å². The van der Waals surface area contributed by atoms with Gasteiger partial charge in [-0.1, -0.05) is 40.2 Å². The second-order valence-electron chi connectivity index (χ2n) is 6.48. The van der Waals surface area contributed by atoms with Crippen LogP contribution in [0.25, 0.3) is 11.3 Å². The van der Waals surface area contributed by atoms with Gasteiger partial charge in [-0.25, -0.2) is 4.68 Å². The van der Waals surface area contributed by atoms with Gasteiger partial charge in [-0.15, -0.1) is 11.3 Å². The highest BCUT2D eigenvalue weighted by atomic mass is 79.9. The zero-order valence-corrected chi connectivity index (χ0v) is 18.4. The molecule has 29 heavy (non-hydrogen) atoms. The molecule has 6 nitrogen and oxygen atoms in total. The van der Waals surface area contributed by atoms with Gasteiger partial charge in [0.1, 0.15) is 0 Å². The predicted molar refractivity (Wildman–Crippen MR) is 121 cm³/mol. The van der Waals surface area contributed by atoms with E-state index in [4.69, 9.17) is 5.10 Å². The first kappa shape index (κ1) is 20.9. The number of halogens is 1. The summed E-state index contributed by atoms with van der Waals surface area (Å²) < 4.78 is 2.81. The predicted octanol–water partition coefficient (Wildman–Crippen LogP) is 5.64. The van der Waals surface area contributed by atoms with Crippen molar-refractivity contribution in [1.82, 2.24) is 4.68 Å². The van der Waals surface area contributed by atoms with E-state index in [2.05, 4.69) is 27.5 Å². The van der Waals surface area contributed by atoms with Crippen molar-refractivity contribution < 1.29 is 4.92 Å². The van der Waals surface area contributed by atoms with E-state index in [0.29, 0.717) is 6.54 Å². The van der Waals surface area contributed by atoms with Gasteiger partial charge in [-0.05, 0) is 43.7 Å². The smallest absolute Gasteiger partial charge is 0.258 e. The van der Waals surface area contributed by atoms with Crippen LogP contribution in [-0.4, -0.2) is 21.9 Å².